The van der Waals surface area contributed by atoms with Gasteiger partial charge in [0.1, 0.15) is 0 Å². The zero-order valence-corrected chi connectivity index (χ0v) is 17.2. The summed E-state index contributed by atoms with van der Waals surface area (Å²) in [6, 6.07) is 15.5. The number of carbonyl (C=O) groups excluding carboxylic acids is 2. The summed E-state index contributed by atoms with van der Waals surface area (Å²) in [5.74, 6) is 1.18. The number of piperidine rings is 1. The number of nitrogens with zero attached hydrogens (tertiary/aromatic N) is 1. The molecule has 0 N–H and O–H groups in total. The van der Waals surface area contributed by atoms with Crippen molar-refractivity contribution in [1.82, 2.24) is 4.90 Å². The quantitative estimate of drug-likeness (QED) is 0.630. The molecule has 0 saturated carbocycles. The van der Waals surface area contributed by atoms with Crippen molar-refractivity contribution in [3.05, 3.63) is 59.7 Å². The van der Waals surface area contributed by atoms with E-state index in [0.29, 0.717) is 30.0 Å². The van der Waals surface area contributed by atoms with Crippen LogP contribution in [0.4, 0.5) is 0 Å². The molecule has 1 saturated heterocycles. The number of methoxy groups -OCH3 is 2. The summed E-state index contributed by atoms with van der Waals surface area (Å²) in [5, 5.41) is 0. The van der Waals surface area contributed by atoms with E-state index in [1.54, 1.807) is 32.4 Å². The Morgan fingerprint density at radius 3 is 2.52 bits per heavy atom. The molecule has 1 aliphatic heterocycles. The van der Waals surface area contributed by atoms with E-state index in [1.165, 1.54) is 5.56 Å². The lowest BCUT2D eigenvalue weighted by molar-refractivity contribution is -0.132. The highest BCUT2D eigenvalue weighted by molar-refractivity contribution is 5.99. The molecule has 5 heteroatoms. The Bertz CT molecular complexity index is 834. The molecule has 2 aromatic carbocycles. The molecule has 1 heterocycles. The van der Waals surface area contributed by atoms with Gasteiger partial charge in [-0.3, -0.25) is 9.59 Å². The van der Waals surface area contributed by atoms with Crippen molar-refractivity contribution in [1.29, 1.82) is 0 Å². The van der Waals surface area contributed by atoms with E-state index in [4.69, 9.17) is 9.47 Å². The molecule has 1 aliphatic rings. The fourth-order valence-electron chi connectivity index (χ4n) is 3.89. The first-order valence-electron chi connectivity index (χ1n) is 10.2. The number of amides is 1. The summed E-state index contributed by atoms with van der Waals surface area (Å²) in [7, 11) is 3.13. The SMILES string of the molecule is COc1ccc(C(=O)[C@H]2CCCN(C(=O)CCCc3ccccc3)C2)cc1OC. The molecular weight excluding hydrogens is 366 g/mol. The number of aryl methyl sites for hydroxylation is 1. The van der Waals surface area contributed by atoms with Crippen LogP contribution in [0.3, 0.4) is 0 Å². The van der Waals surface area contributed by atoms with Crippen LogP contribution in [0.15, 0.2) is 48.5 Å². The Balaban J connectivity index is 1.56. The summed E-state index contributed by atoms with van der Waals surface area (Å²) in [6.07, 6.45) is 3.91. The molecule has 1 amide bonds. The molecule has 0 unspecified atom stereocenters. The number of ether oxygens (including phenoxy) is 2. The fraction of sp³-hybridized carbons (Fsp3) is 0.417. The van der Waals surface area contributed by atoms with Gasteiger partial charge in [0.25, 0.3) is 0 Å². The van der Waals surface area contributed by atoms with Crippen molar-refractivity contribution in [2.45, 2.75) is 32.1 Å². The van der Waals surface area contributed by atoms with Crippen molar-refractivity contribution < 1.29 is 19.1 Å². The maximum Gasteiger partial charge on any atom is 0.222 e. The maximum atomic E-state index is 13.0. The first kappa shape index (κ1) is 20.9. The van der Waals surface area contributed by atoms with E-state index in [-0.39, 0.29) is 17.6 Å². The maximum absolute atomic E-state index is 13.0. The molecule has 1 atom stereocenters. The average molecular weight is 395 g/mol. The minimum atomic E-state index is -0.167. The molecule has 29 heavy (non-hydrogen) atoms. The predicted molar refractivity (Wildman–Crippen MR) is 113 cm³/mol. The van der Waals surface area contributed by atoms with Crippen LogP contribution in [0.5, 0.6) is 11.5 Å². The van der Waals surface area contributed by atoms with E-state index in [2.05, 4.69) is 12.1 Å². The third kappa shape index (κ3) is 5.37. The third-order valence-electron chi connectivity index (χ3n) is 5.51. The van der Waals surface area contributed by atoms with Crippen LogP contribution in [0.25, 0.3) is 0 Å². The summed E-state index contributed by atoms with van der Waals surface area (Å²) < 4.78 is 10.6. The minimum absolute atomic E-state index is 0.0627. The summed E-state index contributed by atoms with van der Waals surface area (Å²) in [6.45, 7) is 1.23. The second-order valence-corrected chi connectivity index (χ2v) is 7.45. The molecule has 154 valence electrons. The van der Waals surface area contributed by atoms with E-state index in [1.807, 2.05) is 23.1 Å². The Hall–Kier alpha value is -2.82. The zero-order valence-electron chi connectivity index (χ0n) is 17.2. The Kier molecular flexibility index (Phi) is 7.28. The van der Waals surface area contributed by atoms with Gasteiger partial charge >= 0.3 is 0 Å². The van der Waals surface area contributed by atoms with Crippen LogP contribution in [0, 0.1) is 5.92 Å². The van der Waals surface area contributed by atoms with Crippen LogP contribution < -0.4 is 9.47 Å². The van der Waals surface area contributed by atoms with Crippen molar-refractivity contribution >= 4 is 11.7 Å². The number of carbonyl (C=O) groups is 2. The fourth-order valence-corrected chi connectivity index (χ4v) is 3.89. The predicted octanol–water partition coefficient (Wildman–Crippen LogP) is 4.15. The van der Waals surface area contributed by atoms with E-state index >= 15 is 0 Å². The lowest BCUT2D eigenvalue weighted by Gasteiger charge is -2.32. The molecule has 5 nitrogen and oxygen atoms in total. The van der Waals surface area contributed by atoms with Crippen LogP contribution in [-0.2, 0) is 11.2 Å². The Morgan fingerprint density at radius 2 is 1.79 bits per heavy atom. The molecule has 0 bridgehead atoms. The normalized spacial score (nSPS) is 16.3. The van der Waals surface area contributed by atoms with Crippen LogP contribution >= 0.6 is 0 Å². The number of hydrogen-bond acceptors (Lipinski definition) is 4. The second-order valence-electron chi connectivity index (χ2n) is 7.45. The van der Waals surface area contributed by atoms with Gasteiger partial charge in [-0.1, -0.05) is 30.3 Å². The van der Waals surface area contributed by atoms with Crippen LogP contribution in [-0.4, -0.2) is 43.9 Å². The monoisotopic (exact) mass is 395 g/mol. The van der Waals surface area contributed by atoms with Crippen molar-refractivity contribution in [2.75, 3.05) is 27.3 Å². The third-order valence-corrected chi connectivity index (χ3v) is 5.51. The van der Waals surface area contributed by atoms with Gasteiger partial charge in [0.15, 0.2) is 17.3 Å². The van der Waals surface area contributed by atoms with E-state index in [9.17, 15) is 9.59 Å². The van der Waals surface area contributed by atoms with E-state index in [0.717, 1.165) is 32.2 Å². The number of rotatable bonds is 8. The number of Topliss-reactive ketones (excluding diaryl/α,β-unsaturated/α-hetero) is 1. The van der Waals surface area contributed by atoms with Gasteiger partial charge in [-0.15, -0.1) is 0 Å². The molecular formula is C24H29NO4. The summed E-state index contributed by atoms with van der Waals surface area (Å²) in [5.41, 5.74) is 1.85. The Morgan fingerprint density at radius 1 is 1.03 bits per heavy atom. The molecule has 1 fully saturated rings. The standard InChI is InChI=1S/C24H29NO4/c1-28-21-14-13-19(16-22(21)29-2)24(27)20-11-7-15-25(17-20)23(26)12-6-10-18-8-4-3-5-9-18/h3-5,8-9,13-14,16,20H,6-7,10-12,15,17H2,1-2H3/t20-/m0/s1. The van der Waals surface area contributed by atoms with Crippen molar-refractivity contribution in [2.24, 2.45) is 5.92 Å². The van der Waals surface area contributed by atoms with Gasteiger partial charge in [0.2, 0.25) is 5.91 Å². The number of ketones is 1. The summed E-state index contributed by atoms with van der Waals surface area (Å²) >= 11 is 0. The molecule has 0 spiro atoms. The number of hydrogen-bond donors (Lipinski definition) is 0. The molecule has 0 radical (unpaired) electrons. The molecule has 0 aliphatic carbocycles. The van der Waals surface area contributed by atoms with Crippen LogP contribution in [0.2, 0.25) is 0 Å². The number of likely N-dealkylation sites (tertiary alicyclic amines) is 1. The van der Waals surface area contributed by atoms with Crippen molar-refractivity contribution in [3.8, 4) is 11.5 Å². The average Bonchev–Trinajstić information content (AvgIpc) is 2.78. The van der Waals surface area contributed by atoms with Gasteiger partial charge < -0.3 is 14.4 Å². The number of benzene rings is 2. The second kappa shape index (κ2) is 10.1. The first-order valence-corrected chi connectivity index (χ1v) is 10.2. The minimum Gasteiger partial charge on any atom is -0.493 e. The summed E-state index contributed by atoms with van der Waals surface area (Å²) in [4.78, 5) is 27.5. The lowest BCUT2D eigenvalue weighted by Crippen LogP contribution is -2.42. The molecule has 3 rings (SSSR count). The first-order chi connectivity index (χ1) is 14.1. The van der Waals surface area contributed by atoms with E-state index < -0.39 is 0 Å². The molecule has 2 aromatic rings. The highest BCUT2D eigenvalue weighted by Crippen LogP contribution is 2.30. The van der Waals surface area contributed by atoms with Gasteiger partial charge in [0.05, 0.1) is 14.2 Å². The highest BCUT2D eigenvalue weighted by atomic mass is 16.5. The smallest absolute Gasteiger partial charge is 0.222 e. The van der Waals surface area contributed by atoms with Gasteiger partial charge in [-0.25, -0.2) is 0 Å². The topological polar surface area (TPSA) is 55.8 Å². The highest BCUT2D eigenvalue weighted by Gasteiger charge is 2.29. The Labute approximate surface area is 172 Å². The van der Waals surface area contributed by atoms with Gasteiger partial charge in [-0.05, 0) is 49.4 Å². The van der Waals surface area contributed by atoms with Gasteiger partial charge in [-0.2, -0.15) is 0 Å². The van der Waals surface area contributed by atoms with Crippen molar-refractivity contribution in [3.63, 3.8) is 0 Å². The van der Waals surface area contributed by atoms with Gasteiger partial charge in [0, 0.05) is 31.0 Å². The van der Waals surface area contributed by atoms with Crippen LogP contribution in [0.1, 0.15) is 41.6 Å². The largest absolute Gasteiger partial charge is 0.493 e. The molecule has 0 aromatic heterocycles. The lowest BCUT2D eigenvalue weighted by atomic mass is 9.89. The zero-order chi connectivity index (χ0) is 20.6.